The van der Waals surface area contributed by atoms with Gasteiger partial charge in [0.15, 0.2) is 0 Å². The molecule has 0 amide bonds. The fourth-order valence-electron chi connectivity index (χ4n) is 1.48. The Balaban J connectivity index is 4.35. The van der Waals surface area contributed by atoms with Gasteiger partial charge in [-0.1, -0.05) is 6.92 Å². The lowest BCUT2D eigenvalue weighted by molar-refractivity contribution is -0.143. The predicted octanol–water partition coefficient (Wildman–Crippen LogP) is 0.977. The monoisotopic (exact) mass is 204 g/mol. The quantitative estimate of drug-likeness (QED) is 0.645. The van der Waals surface area contributed by atoms with Crippen LogP contribution >= 0.6 is 0 Å². The smallest absolute Gasteiger partial charge is 0.303 e. The van der Waals surface area contributed by atoms with E-state index in [0.717, 1.165) is 0 Å². The Bertz CT molecular complexity index is 181. The SMILES string of the molecule is CCC(OC)C(CC(=O)O)CC(=O)O. The average molecular weight is 204 g/mol. The highest BCUT2D eigenvalue weighted by atomic mass is 16.5. The van der Waals surface area contributed by atoms with Crippen LogP contribution in [-0.4, -0.2) is 35.4 Å². The Morgan fingerprint density at radius 2 is 1.64 bits per heavy atom. The Hall–Kier alpha value is -1.10. The van der Waals surface area contributed by atoms with E-state index in [1.807, 2.05) is 6.92 Å². The molecule has 1 unspecified atom stereocenters. The number of carbonyl (C=O) groups is 2. The van der Waals surface area contributed by atoms with E-state index in [2.05, 4.69) is 0 Å². The molecule has 0 radical (unpaired) electrons. The normalized spacial score (nSPS) is 12.8. The maximum atomic E-state index is 10.5. The molecule has 0 saturated heterocycles. The zero-order chi connectivity index (χ0) is 11.1. The van der Waals surface area contributed by atoms with Crippen LogP contribution < -0.4 is 0 Å². The van der Waals surface area contributed by atoms with Crippen LogP contribution in [0.4, 0.5) is 0 Å². The Labute approximate surface area is 82.7 Å². The number of hydrogen-bond acceptors (Lipinski definition) is 3. The lowest BCUT2D eigenvalue weighted by Gasteiger charge is -2.21. The first-order chi connectivity index (χ1) is 6.51. The zero-order valence-corrected chi connectivity index (χ0v) is 8.40. The molecule has 0 rings (SSSR count). The first kappa shape index (κ1) is 12.9. The molecule has 0 saturated carbocycles. The Morgan fingerprint density at radius 3 is 1.86 bits per heavy atom. The second-order valence-electron chi connectivity index (χ2n) is 3.14. The average Bonchev–Trinajstić information content (AvgIpc) is 2.03. The molecule has 0 aromatic rings. The van der Waals surface area contributed by atoms with Gasteiger partial charge < -0.3 is 14.9 Å². The third-order valence-electron chi connectivity index (χ3n) is 2.10. The van der Waals surface area contributed by atoms with E-state index in [1.165, 1.54) is 7.11 Å². The molecule has 0 spiro atoms. The minimum atomic E-state index is -0.994. The first-order valence-corrected chi connectivity index (χ1v) is 4.47. The van der Waals surface area contributed by atoms with E-state index in [9.17, 15) is 9.59 Å². The Kier molecular flexibility index (Phi) is 5.87. The predicted molar refractivity (Wildman–Crippen MR) is 49.1 cm³/mol. The molecule has 0 aliphatic carbocycles. The molecule has 5 heteroatoms. The van der Waals surface area contributed by atoms with Crippen LogP contribution in [0.25, 0.3) is 0 Å². The van der Waals surface area contributed by atoms with Gasteiger partial charge in [0.1, 0.15) is 0 Å². The fraction of sp³-hybridized carbons (Fsp3) is 0.778. The van der Waals surface area contributed by atoms with Crippen LogP contribution in [0.15, 0.2) is 0 Å². The molecule has 0 aliphatic rings. The van der Waals surface area contributed by atoms with Gasteiger partial charge in [-0.15, -0.1) is 0 Å². The molecule has 0 bridgehead atoms. The number of ether oxygens (including phenoxy) is 1. The van der Waals surface area contributed by atoms with E-state index in [4.69, 9.17) is 14.9 Å². The highest BCUT2D eigenvalue weighted by Gasteiger charge is 2.24. The summed E-state index contributed by atoms with van der Waals surface area (Å²) < 4.78 is 5.04. The molecule has 0 fully saturated rings. The maximum Gasteiger partial charge on any atom is 0.303 e. The molecular weight excluding hydrogens is 188 g/mol. The van der Waals surface area contributed by atoms with E-state index < -0.39 is 17.9 Å². The van der Waals surface area contributed by atoms with E-state index in [0.29, 0.717) is 6.42 Å². The van der Waals surface area contributed by atoms with Gasteiger partial charge in [-0.25, -0.2) is 0 Å². The summed E-state index contributed by atoms with van der Waals surface area (Å²) in [5.41, 5.74) is 0. The van der Waals surface area contributed by atoms with Gasteiger partial charge >= 0.3 is 11.9 Å². The van der Waals surface area contributed by atoms with Gasteiger partial charge in [-0.3, -0.25) is 9.59 Å². The van der Waals surface area contributed by atoms with Crippen LogP contribution in [-0.2, 0) is 14.3 Å². The highest BCUT2D eigenvalue weighted by Crippen LogP contribution is 2.19. The molecule has 0 aliphatic heterocycles. The number of rotatable bonds is 7. The van der Waals surface area contributed by atoms with Crippen molar-refractivity contribution in [1.29, 1.82) is 0 Å². The van der Waals surface area contributed by atoms with Crippen molar-refractivity contribution in [2.24, 2.45) is 5.92 Å². The van der Waals surface area contributed by atoms with E-state index in [1.54, 1.807) is 0 Å². The van der Waals surface area contributed by atoms with Crippen molar-refractivity contribution in [3.63, 3.8) is 0 Å². The lowest BCUT2D eigenvalue weighted by Crippen LogP contribution is -2.27. The number of carboxylic acids is 2. The van der Waals surface area contributed by atoms with E-state index in [-0.39, 0.29) is 18.9 Å². The third-order valence-corrected chi connectivity index (χ3v) is 2.10. The molecular formula is C9H16O5. The van der Waals surface area contributed by atoms with Crippen molar-refractivity contribution in [3.05, 3.63) is 0 Å². The number of methoxy groups -OCH3 is 1. The summed E-state index contributed by atoms with van der Waals surface area (Å²) in [6.45, 7) is 1.84. The second kappa shape index (κ2) is 6.37. The van der Waals surface area contributed by atoms with Crippen LogP contribution in [0.2, 0.25) is 0 Å². The number of carboxylic acid groups (broad SMARTS) is 2. The molecule has 0 heterocycles. The minimum absolute atomic E-state index is 0.168. The summed E-state index contributed by atoms with van der Waals surface area (Å²) in [5.74, 6) is -2.45. The van der Waals surface area contributed by atoms with Gasteiger partial charge in [-0.2, -0.15) is 0 Å². The third kappa shape index (κ3) is 4.81. The molecule has 0 aromatic carbocycles. The van der Waals surface area contributed by atoms with Crippen molar-refractivity contribution in [1.82, 2.24) is 0 Å². The topological polar surface area (TPSA) is 83.8 Å². The van der Waals surface area contributed by atoms with Crippen LogP contribution in [0.3, 0.4) is 0 Å². The van der Waals surface area contributed by atoms with Crippen LogP contribution in [0.5, 0.6) is 0 Å². The number of aliphatic carboxylic acids is 2. The van der Waals surface area contributed by atoms with E-state index >= 15 is 0 Å². The first-order valence-electron chi connectivity index (χ1n) is 4.47. The van der Waals surface area contributed by atoms with Gasteiger partial charge in [0.2, 0.25) is 0 Å². The minimum Gasteiger partial charge on any atom is -0.481 e. The second-order valence-corrected chi connectivity index (χ2v) is 3.14. The van der Waals surface area contributed by atoms with Crippen LogP contribution in [0, 0.1) is 5.92 Å². The van der Waals surface area contributed by atoms with Gasteiger partial charge in [0, 0.05) is 13.0 Å². The largest absolute Gasteiger partial charge is 0.481 e. The summed E-state index contributed by atoms with van der Waals surface area (Å²) in [4.78, 5) is 21.0. The summed E-state index contributed by atoms with van der Waals surface area (Å²) in [6.07, 6.45) is -0.0267. The van der Waals surface area contributed by atoms with Gasteiger partial charge in [-0.05, 0) is 6.42 Å². The van der Waals surface area contributed by atoms with Crippen molar-refractivity contribution in [3.8, 4) is 0 Å². The zero-order valence-electron chi connectivity index (χ0n) is 8.40. The van der Waals surface area contributed by atoms with Crippen molar-refractivity contribution < 1.29 is 24.5 Å². The standard InChI is InChI=1S/C9H16O5/c1-3-7(14-2)6(4-8(10)11)5-9(12)13/h6-7H,3-5H2,1-2H3,(H,10,11)(H,12,13). The van der Waals surface area contributed by atoms with Crippen molar-refractivity contribution in [2.75, 3.05) is 7.11 Å². The summed E-state index contributed by atoms with van der Waals surface area (Å²) in [7, 11) is 1.46. The molecule has 14 heavy (non-hydrogen) atoms. The highest BCUT2D eigenvalue weighted by molar-refractivity contribution is 5.70. The molecule has 82 valence electrons. The van der Waals surface area contributed by atoms with Gasteiger partial charge in [0.25, 0.3) is 0 Å². The molecule has 2 N–H and O–H groups in total. The maximum absolute atomic E-state index is 10.5. The number of hydrogen-bond donors (Lipinski definition) is 2. The summed E-state index contributed by atoms with van der Waals surface area (Å²) in [5, 5.41) is 17.2. The molecule has 5 nitrogen and oxygen atoms in total. The van der Waals surface area contributed by atoms with Gasteiger partial charge in [0.05, 0.1) is 18.9 Å². The molecule has 0 aromatic heterocycles. The lowest BCUT2D eigenvalue weighted by atomic mass is 9.93. The van der Waals surface area contributed by atoms with Crippen molar-refractivity contribution in [2.45, 2.75) is 32.3 Å². The van der Waals surface area contributed by atoms with Crippen molar-refractivity contribution >= 4 is 11.9 Å². The summed E-state index contributed by atoms with van der Waals surface area (Å²) >= 11 is 0. The van der Waals surface area contributed by atoms with Crippen LogP contribution in [0.1, 0.15) is 26.2 Å². The summed E-state index contributed by atoms with van der Waals surface area (Å²) in [6, 6.07) is 0. The molecule has 1 atom stereocenters. The fourth-order valence-corrected chi connectivity index (χ4v) is 1.48. The Morgan fingerprint density at radius 1 is 1.21 bits per heavy atom.